The van der Waals surface area contributed by atoms with Crippen LogP contribution in [0.25, 0.3) is 0 Å². The fraction of sp³-hybridized carbons (Fsp3) is 1.00. The van der Waals surface area contributed by atoms with E-state index in [4.69, 9.17) is 5.11 Å². The SMILES string of the molecule is OCCC1CN(CC2CC2)CCN1. The highest BCUT2D eigenvalue weighted by Crippen LogP contribution is 2.29. The van der Waals surface area contributed by atoms with Crippen LogP contribution in [0.4, 0.5) is 0 Å². The summed E-state index contributed by atoms with van der Waals surface area (Å²) in [7, 11) is 0. The highest BCUT2D eigenvalue weighted by atomic mass is 16.3. The molecule has 76 valence electrons. The first-order valence-corrected chi connectivity index (χ1v) is 5.45. The summed E-state index contributed by atoms with van der Waals surface area (Å²) < 4.78 is 0. The molecule has 1 heterocycles. The molecule has 0 amide bonds. The van der Waals surface area contributed by atoms with Crippen LogP contribution in [0.2, 0.25) is 0 Å². The molecule has 2 aliphatic rings. The molecule has 0 aromatic heterocycles. The second kappa shape index (κ2) is 4.40. The van der Waals surface area contributed by atoms with Crippen molar-refractivity contribution in [2.45, 2.75) is 25.3 Å². The molecule has 1 aliphatic carbocycles. The van der Waals surface area contributed by atoms with Crippen molar-refractivity contribution < 1.29 is 5.11 Å². The van der Waals surface area contributed by atoms with Crippen LogP contribution in [0.1, 0.15) is 19.3 Å². The minimum atomic E-state index is 0.314. The molecule has 0 aromatic rings. The summed E-state index contributed by atoms with van der Waals surface area (Å²) in [4.78, 5) is 2.55. The maximum absolute atomic E-state index is 8.84. The molecule has 1 saturated carbocycles. The number of nitrogens with one attached hydrogen (secondary N) is 1. The Balaban J connectivity index is 1.70. The van der Waals surface area contributed by atoms with Crippen LogP contribution >= 0.6 is 0 Å². The van der Waals surface area contributed by atoms with Crippen molar-refractivity contribution in [3.8, 4) is 0 Å². The highest BCUT2D eigenvalue weighted by Gasteiger charge is 2.26. The van der Waals surface area contributed by atoms with Crippen molar-refractivity contribution >= 4 is 0 Å². The third-order valence-corrected chi connectivity index (χ3v) is 3.03. The van der Waals surface area contributed by atoms with E-state index in [2.05, 4.69) is 10.2 Å². The lowest BCUT2D eigenvalue weighted by Crippen LogP contribution is -2.51. The van der Waals surface area contributed by atoms with Gasteiger partial charge in [-0.05, 0) is 25.2 Å². The lowest BCUT2D eigenvalue weighted by Gasteiger charge is -2.33. The molecule has 2 N–H and O–H groups in total. The Morgan fingerprint density at radius 1 is 1.38 bits per heavy atom. The van der Waals surface area contributed by atoms with Gasteiger partial charge in [0, 0.05) is 38.8 Å². The van der Waals surface area contributed by atoms with Gasteiger partial charge in [-0.15, -0.1) is 0 Å². The normalized spacial score (nSPS) is 30.7. The van der Waals surface area contributed by atoms with Gasteiger partial charge in [0.1, 0.15) is 0 Å². The molecule has 1 saturated heterocycles. The van der Waals surface area contributed by atoms with Gasteiger partial charge in [0.15, 0.2) is 0 Å². The van der Waals surface area contributed by atoms with E-state index in [0.717, 1.165) is 25.4 Å². The number of aliphatic hydroxyl groups is 1. The fourth-order valence-corrected chi connectivity index (χ4v) is 2.07. The molecule has 1 atom stereocenters. The van der Waals surface area contributed by atoms with Gasteiger partial charge in [-0.3, -0.25) is 0 Å². The molecule has 3 nitrogen and oxygen atoms in total. The van der Waals surface area contributed by atoms with Crippen LogP contribution in [-0.4, -0.2) is 48.8 Å². The monoisotopic (exact) mass is 184 g/mol. The Morgan fingerprint density at radius 2 is 2.23 bits per heavy atom. The van der Waals surface area contributed by atoms with Crippen molar-refractivity contribution in [1.29, 1.82) is 0 Å². The quantitative estimate of drug-likeness (QED) is 0.648. The Labute approximate surface area is 80.1 Å². The summed E-state index contributed by atoms with van der Waals surface area (Å²) in [5.74, 6) is 0.993. The second-order valence-corrected chi connectivity index (χ2v) is 4.37. The van der Waals surface area contributed by atoms with Crippen molar-refractivity contribution in [1.82, 2.24) is 10.2 Å². The van der Waals surface area contributed by atoms with Crippen molar-refractivity contribution in [2.75, 3.05) is 32.8 Å². The smallest absolute Gasteiger partial charge is 0.0446 e. The van der Waals surface area contributed by atoms with E-state index in [9.17, 15) is 0 Å². The molecule has 1 unspecified atom stereocenters. The molecule has 1 aliphatic heterocycles. The molecule has 0 aromatic carbocycles. The summed E-state index contributed by atoms with van der Waals surface area (Å²) in [6, 6.07) is 0.525. The predicted octanol–water partition coefficient (Wildman–Crippen LogP) is 0.0526. The summed E-state index contributed by atoms with van der Waals surface area (Å²) in [5.41, 5.74) is 0. The number of nitrogens with zero attached hydrogens (tertiary/aromatic N) is 1. The lowest BCUT2D eigenvalue weighted by molar-refractivity contribution is 0.168. The standard InChI is InChI=1S/C10H20N2O/c13-6-3-10-8-12(5-4-11-10)7-9-1-2-9/h9-11,13H,1-8H2. The third-order valence-electron chi connectivity index (χ3n) is 3.03. The topological polar surface area (TPSA) is 35.5 Å². The fourth-order valence-electron chi connectivity index (χ4n) is 2.07. The Morgan fingerprint density at radius 3 is 2.92 bits per heavy atom. The third kappa shape index (κ3) is 2.93. The number of hydrogen-bond acceptors (Lipinski definition) is 3. The maximum atomic E-state index is 8.84. The number of hydrogen-bond donors (Lipinski definition) is 2. The summed E-state index contributed by atoms with van der Waals surface area (Å²) in [6.07, 6.45) is 3.78. The lowest BCUT2D eigenvalue weighted by atomic mass is 10.1. The van der Waals surface area contributed by atoms with Crippen LogP contribution in [0, 0.1) is 5.92 Å². The van der Waals surface area contributed by atoms with Gasteiger partial charge in [0.05, 0.1) is 0 Å². The number of piperazine rings is 1. The summed E-state index contributed by atoms with van der Waals surface area (Å²) in [6.45, 7) is 5.03. The van der Waals surface area contributed by atoms with Crippen LogP contribution < -0.4 is 5.32 Å². The van der Waals surface area contributed by atoms with E-state index in [1.807, 2.05) is 0 Å². The van der Waals surface area contributed by atoms with E-state index in [1.165, 1.54) is 25.9 Å². The van der Waals surface area contributed by atoms with Crippen LogP contribution in [0.5, 0.6) is 0 Å². The summed E-state index contributed by atoms with van der Waals surface area (Å²) in [5, 5.41) is 12.3. The second-order valence-electron chi connectivity index (χ2n) is 4.37. The Kier molecular flexibility index (Phi) is 3.19. The zero-order chi connectivity index (χ0) is 9.10. The molecule has 0 radical (unpaired) electrons. The van der Waals surface area contributed by atoms with Gasteiger partial charge < -0.3 is 15.3 Å². The molecule has 13 heavy (non-hydrogen) atoms. The maximum Gasteiger partial charge on any atom is 0.0446 e. The van der Waals surface area contributed by atoms with E-state index < -0.39 is 0 Å². The Bertz CT molecular complexity index is 157. The number of aliphatic hydroxyl groups excluding tert-OH is 1. The minimum absolute atomic E-state index is 0.314. The summed E-state index contributed by atoms with van der Waals surface area (Å²) >= 11 is 0. The first kappa shape index (κ1) is 9.44. The largest absolute Gasteiger partial charge is 0.396 e. The zero-order valence-corrected chi connectivity index (χ0v) is 8.21. The molecule has 3 heteroatoms. The van der Waals surface area contributed by atoms with Crippen LogP contribution in [0.3, 0.4) is 0 Å². The van der Waals surface area contributed by atoms with Gasteiger partial charge in [-0.25, -0.2) is 0 Å². The van der Waals surface area contributed by atoms with Crippen LogP contribution in [-0.2, 0) is 0 Å². The van der Waals surface area contributed by atoms with E-state index in [-0.39, 0.29) is 0 Å². The van der Waals surface area contributed by atoms with Crippen LogP contribution in [0.15, 0.2) is 0 Å². The zero-order valence-electron chi connectivity index (χ0n) is 8.21. The van der Waals surface area contributed by atoms with E-state index >= 15 is 0 Å². The van der Waals surface area contributed by atoms with Gasteiger partial charge in [-0.2, -0.15) is 0 Å². The number of rotatable bonds is 4. The molecular formula is C10H20N2O. The molecular weight excluding hydrogens is 164 g/mol. The van der Waals surface area contributed by atoms with E-state index in [1.54, 1.807) is 0 Å². The molecule has 2 fully saturated rings. The van der Waals surface area contributed by atoms with Gasteiger partial charge >= 0.3 is 0 Å². The highest BCUT2D eigenvalue weighted by molar-refractivity contribution is 4.83. The average Bonchev–Trinajstić information content (AvgIpc) is 2.90. The average molecular weight is 184 g/mol. The van der Waals surface area contributed by atoms with Gasteiger partial charge in [0.25, 0.3) is 0 Å². The van der Waals surface area contributed by atoms with Crippen molar-refractivity contribution in [3.63, 3.8) is 0 Å². The van der Waals surface area contributed by atoms with Gasteiger partial charge in [0.2, 0.25) is 0 Å². The first-order chi connectivity index (χ1) is 6.38. The predicted molar refractivity (Wildman–Crippen MR) is 52.7 cm³/mol. The molecule has 2 rings (SSSR count). The molecule has 0 spiro atoms. The van der Waals surface area contributed by atoms with Gasteiger partial charge in [-0.1, -0.05) is 0 Å². The first-order valence-electron chi connectivity index (χ1n) is 5.45. The van der Waals surface area contributed by atoms with Crippen molar-refractivity contribution in [2.24, 2.45) is 5.92 Å². The van der Waals surface area contributed by atoms with E-state index in [0.29, 0.717) is 12.6 Å². The van der Waals surface area contributed by atoms with Crippen molar-refractivity contribution in [3.05, 3.63) is 0 Å². The molecule has 0 bridgehead atoms. The Hall–Kier alpha value is -0.120. The minimum Gasteiger partial charge on any atom is -0.396 e.